The second kappa shape index (κ2) is 8.19. The smallest absolute Gasteiger partial charge is 0.227 e. The van der Waals surface area contributed by atoms with Crippen LogP contribution in [-0.4, -0.2) is 48.5 Å². The van der Waals surface area contributed by atoms with E-state index in [4.69, 9.17) is 4.74 Å². The second-order valence-corrected chi connectivity index (χ2v) is 8.71. The van der Waals surface area contributed by atoms with Crippen molar-refractivity contribution in [1.82, 2.24) is 9.80 Å². The van der Waals surface area contributed by atoms with Gasteiger partial charge in [0.2, 0.25) is 5.91 Å². The van der Waals surface area contributed by atoms with Gasteiger partial charge in [0.25, 0.3) is 0 Å². The maximum Gasteiger partial charge on any atom is 0.227 e. The van der Waals surface area contributed by atoms with Crippen molar-refractivity contribution in [2.75, 3.05) is 32.8 Å². The van der Waals surface area contributed by atoms with Crippen LogP contribution in [0.1, 0.15) is 35.1 Å². The lowest BCUT2D eigenvalue weighted by Crippen LogP contribution is -2.46. The van der Waals surface area contributed by atoms with E-state index in [0.29, 0.717) is 5.91 Å². The van der Waals surface area contributed by atoms with E-state index in [1.165, 1.54) is 22.3 Å². The van der Waals surface area contributed by atoms with E-state index in [9.17, 15) is 4.79 Å². The zero-order valence-electron chi connectivity index (χ0n) is 17.1. The largest absolute Gasteiger partial charge is 0.493 e. The minimum Gasteiger partial charge on any atom is -0.493 e. The van der Waals surface area contributed by atoms with Crippen LogP contribution >= 0.6 is 0 Å². The fourth-order valence-corrected chi connectivity index (χ4v) is 5.08. The zero-order valence-corrected chi connectivity index (χ0v) is 17.1. The van der Waals surface area contributed by atoms with Crippen molar-refractivity contribution in [2.45, 2.75) is 38.6 Å². The fourth-order valence-electron chi connectivity index (χ4n) is 5.08. The summed E-state index contributed by atoms with van der Waals surface area (Å²) >= 11 is 0. The Morgan fingerprint density at radius 1 is 1.03 bits per heavy atom. The third-order valence-electron chi connectivity index (χ3n) is 6.77. The Labute approximate surface area is 173 Å². The van der Waals surface area contributed by atoms with Crippen molar-refractivity contribution in [3.8, 4) is 5.75 Å². The lowest BCUT2D eigenvalue weighted by molar-refractivity contribution is -0.138. The summed E-state index contributed by atoms with van der Waals surface area (Å²) in [5.41, 5.74) is 5.46. The molecule has 0 radical (unpaired) electrons. The van der Waals surface area contributed by atoms with E-state index >= 15 is 0 Å². The monoisotopic (exact) mass is 390 g/mol. The molecule has 0 bridgehead atoms. The van der Waals surface area contributed by atoms with E-state index in [0.717, 1.165) is 77.2 Å². The first-order valence-electron chi connectivity index (χ1n) is 11.1. The minimum atomic E-state index is 0.155. The molecule has 2 aromatic rings. The molecule has 1 amide bonds. The van der Waals surface area contributed by atoms with Gasteiger partial charge in [0.05, 0.1) is 12.5 Å². The maximum absolute atomic E-state index is 13.2. The fraction of sp³-hybridized carbons (Fsp3) is 0.480. The second-order valence-electron chi connectivity index (χ2n) is 8.71. The Hall–Kier alpha value is -2.33. The van der Waals surface area contributed by atoms with Gasteiger partial charge in [0.15, 0.2) is 0 Å². The molecule has 3 heterocycles. The number of rotatable bonds is 4. The van der Waals surface area contributed by atoms with Crippen molar-refractivity contribution in [2.24, 2.45) is 5.92 Å². The summed E-state index contributed by atoms with van der Waals surface area (Å²) in [5, 5.41) is 0. The summed E-state index contributed by atoms with van der Waals surface area (Å²) in [6, 6.07) is 15.2. The van der Waals surface area contributed by atoms with Gasteiger partial charge in [-0.3, -0.25) is 4.79 Å². The van der Waals surface area contributed by atoms with Gasteiger partial charge in [-0.2, -0.15) is 0 Å². The quantitative estimate of drug-likeness (QED) is 0.802. The Bertz CT molecular complexity index is 894. The summed E-state index contributed by atoms with van der Waals surface area (Å²) in [4.78, 5) is 17.8. The summed E-state index contributed by atoms with van der Waals surface area (Å²) in [7, 11) is 0. The molecule has 0 aliphatic carbocycles. The van der Waals surface area contributed by atoms with Gasteiger partial charge >= 0.3 is 0 Å². The molecule has 0 spiro atoms. The molecular formula is C25H30N2O2. The van der Waals surface area contributed by atoms with Crippen LogP contribution in [-0.2, 0) is 30.6 Å². The van der Waals surface area contributed by atoms with Crippen LogP contribution in [0.15, 0.2) is 42.5 Å². The van der Waals surface area contributed by atoms with Crippen LogP contribution in [0.4, 0.5) is 0 Å². The lowest BCUT2D eigenvalue weighted by atomic mass is 9.93. The number of amides is 1. The minimum absolute atomic E-state index is 0.155. The number of hydrogen-bond acceptors (Lipinski definition) is 3. The molecule has 4 heteroatoms. The van der Waals surface area contributed by atoms with Gasteiger partial charge < -0.3 is 14.5 Å². The zero-order chi connectivity index (χ0) is 19.6. The summed E-state index contributed by atoms with van der Waals surface area (Å²) in [6.45, 7) is 5.51. The molecule has 3 aliphatic heterocycles. The molecule has 1 atom stereocenters. The van der Waals surface area contributed by atoms with Crippen LogP contribution in [0, 0.1) is 5.92 Å². The summed E-state index contributed by atoms with van der Waals surface area (Å²) in [5.74, 6) is 1.57. The molecule has 0 aromatic heterocycles. The normalized spacial score (nSPS) is 21.4. The highest BCUT2D eigenvalue weighted by atomic mass is 16.5. The topological polar surface area (TPSA) is 32.8 Å². The Kier molecular flexibility index (Phi) is 5.28. The number of fused-ring (bicyclic) bond motifs is 2. The SMILES string of the molecule is O=C(C1CCCN(CCc2ccc3c(c2)CCO3)C1)N1CCc2ccccc2C1. The third kappa shape index (κ3) is 4.04. The number of benzene rings is 2. The van der Waals surface area contributed by atoms with Gasteiger partial charge in [-0.15, -0.1) is 0 Å². The van der Waals surface area contributed by atoms with E-state index < -0.39 is 0 Å². The molecule has 1 saturated heterocycles. The van der Waals surface area contributed by atoms with E-state index in [1.807, 2.05) is 0 Å². The lowest BCUT2D eigenvalue weighted by Gasteiger charge is -2.36. The van der Waals surface area contributed by atoms with Crippen LogP contribution in [0.2, 0.25) is 0 Å². The standard InChI is InChI=1S/C25H30N2O2/c28-25(27-14-10-20-4-1-2-5-22(20)18-27)23-6-3-12-26(17-23)13-9-19-7-8-24-21(16-19)11-15-29-24/h1-2,4-5,7-8,16,23H,3,6,9-15,17-18H2. The van der Waals surface area contributed by atoms with Crippen LogP contribution in [0.25, 0.3) is 0 Å². The number of likely N-dealkylation sites (tertiary alicyclic amines) is 1. The predicted molar refractivity (Wildman–Crippen MR) is 114 cm³/mol. The number of piperidine rings is 1. The third-order valence-corrected chi connectivity index (χ3v) is 6.77. The molecular weight excluding hydrogens is 360 g/mol. The van der Waals surface area contributed by atoms with E-state index in [1.54, 1.807) is 0 Å². The molecule has 29 heavy (non-hydrogen) atoms. The maximum atomic E-state index is 13.2. The van der Waals surface area contributed by atoms with Crippen LogP contribution in [0.3, 0.4) is 0 Å². The summed E-state index contributed by atoms with van der Waals surface area (Å²) < 4.78 is 5.62. The van der Waals surface area contributed by atoms with Gasteiger partial charge in [0.1, 0.15) is 5.75 Å². The number of ether oxygens (including phenoxy) is 1. The molecule has 0 saturated carbocycles. The van der Waals surface area contributed by atoms with E-state index in [-0.39, 0.29) is 5.92 Å². The first kappa shape index (κ1) is 18.7. The van der Waals surface area contributed by atoms with E-state index in [2.05, 4.69) is 52.3 Å². The Morgan fingerprint density at radius 2 is 1.93 bits per heavy atom. The van der Waals surface area contributed by atoms with Crippen molar-refractivity contribution >= 4 is 5.91 Å². The van der Waals surface area contributed by atoms with Gasteiger partial charge in [-0.05, 0) is 60.5 Å². The molecule has 1 fully saturated rings. The molecule has 152 valence electrons. The number of hydrogen-bond donors (Lipinski definition) is 0. The Balaban J connectivity index is 1.17. The van der Waals surface area contributed by atoms with Crippen LogP contribution in [0.5, 0.6) is 5.75 Å². The first-order chi connectivity index (χ1) is 14.3. The highest BCUT2D eigenvalue weighted by Gasteiger charge is 2.30. The number of carbonyl (C=O) groups is 1. The van der Waals surface area contributed by atoms with Crippen molar-refractivity contribution in [1.29, 1.82) is 0 Å². The first-order valence-corrected chi connectivity index (χ1v) is 11.1. The average Bonchev–Trinajstić information content (AvgIpc) is 3.25. The van der Waals surface area contributed by atoms with Gasteiger partial charge in [-0.1, -0.05) is 36.4 Å². The highest BCUT2D eigenvalue weighted by Crippen LogP contribution is 2.27. The molecule has 3 aliphatic rings. The molecule has 5 rings (SSSR count). The molecule has 4 nitrogen and oxygen atoms in total. The molecule has 1 unspecified atom stereocenters. The van der Waals surface area contributed by atoms with Crippen molar-refractivity contribution in [3.63, 3.8) is 0 Å². The van der Waals surface area contributed by atoms with Crippen LogP contribution < -0.4 is 4.74 Å². The van der Waals surface area contributed by atoms with Gasteiger partial charge in [-0.25, -0.2) is 0 Å². The predicted octanol–water partition coefficient (Wildman–Crippen LogP) is 3.46. The van der Waals surface area contributed by atoms with Crippen molar-refractivity contribution < 1.29 is 9.53 Å². The van der Waals surface area contributed by atoms with Gasteiger partial charge in [0, 0.05) is 32.6 Å². The molecule has 0 N–H and O–H groups in total. The number of nitrogens with zero attached hydrogens (tertiary/aromatic N) is 2. The molecule has 2 aromatic carbocycles. The highest BCUT2D eigenvalue weighted by molar-refractivity contribution is 5.79. The summed E-state index contributed by atoms with van der Waals surface area (Å²) in [6.07, 6.45) is 5.22. The number of carbonyl (C=O) groups excluding carboxylic acids is 1. The average molecular weight is 391 g/mol. The van der Waals surface area contributed by atoms with Crippen molar-refractivity contribution in [3.05, 3.63) is 64.7 Å². The Morgan fingerprint density at radius 3 is 2.86 bits per heavy atom.